The summed E-state index contributed by atoms with van der Waals surface area (Å²) >= 11 is 0. The quantitative estimate of drug-likeness (QED) is 0.658. The van der Waals surface area contributed by atoms with Crippen LogP contribution in [0, 0.1) is 11.8 Å². The van der Waals surface area contributed by atoms with Gasteiger partial charge in [-0.05, 0) is 26.7 Å². The van der Waals surface area contributed by atoms with Crippen LogP contribution in [-0.4, -0.2) is 17.9 Å². The molecule has 1 N–H and O–H groups in total. The summed E-state index contributed by atoms with van der Waals surface area (Å²) in [6.07, 6.45) is 4.51. The van der Waals surface area contributed by atoms with Gasteiger partial charge in [-0.15, -0.1) is 0 Å². The van der Waals surface area contributed by atoms with Gasteiger partial charge in [0.2, 0.25) is 5.91 Å². The van der Waals surface area contributed by atoms with Gasteiger partial charge in [0.1, 0.15) is 0 Å². The fourth-order valence-electron chi connectivity index (χ4n) is 1.76. The highest BCUT2D eigenvalue weighted by atomic mass is 16.4. The lowest BCUT2D eigenvalue weighted by atomic mass is 9.82. The van der Waals surface area contributed by atoms with Gasteiger partial charge in [-0.1, -0.05) is 12.2 Å². The lowest BCUT2D eigenvalue weighted by molar-refractivity contribution is -0.313. The molecule has 4 nitrogen and oxygen atoms in total. The van der Waals surface area contributed by atoms with E-state index >= 15 is 0 Å². The topological polar surface area (TPSA) is 69.2 Å². The molecule has 0 unspecified atom stereocenters. The first-order valence-electron chi connectivity index (χ1n) is 5.18. The van der Waals surface area contributed by atoms with E-state index in [4.69, 9.17) is 0 Å². The van der Waals surface area contributed by atoms with Crippen LogP contribution in [0.25, 0.3) is 0 Å². The molecule has 0 bridgehead atoms. The molecular formula is C11H16NO3-. The summed E-state index contributed by atoms with van der Waals surface area (Å²) in [5.41, 5.74) is 0. The first-order chi connectivity index (χ1) is 7.02. The Labute approximate surface area is 89.4 Å². The van der Waals surface area contributed by atoms with Gasteiger partial charge in [0, 0.05) is 23.8 Å². The summed E-state index contributed by atoms with van der Waals surface area (Å²) in [7, 11) is 0. The van der Waals surface area contributed by atoms with Gasteiger partial charge in [-0.3, -0.25) is 4.79 Å². The number of aliphatic carboxylic acids is 1. The summed E-state index contributed by atoms with van der Waals surface area (Å²) in [6.45, 7) is 3.70. The molecular weight excluding hydrogens is 194 g/mol. The van der Waals surface area contributed by atoms with Crippen LogP contribution in [0.2, 0.25) is 0 Å². The molecule has 84 valence electrons. The molecule has 0 spiro atoms. The van der Waals surface area contributed by atoms with Crippen LogP contribution in [0.5, 0.6) is 0 Å². The van der Waals surface area contributed by atoms with Crippen LogP contribution in [0.4, 0.5) is 0 Å². The molecule has 1 aliphatic rings. The summed E-state index contributed by atoms with van der Waals surface area (Å²) in [4.78, 5) is 22.5. The average molecular weight is 210 g/mol. The van der Waals surface area contributed by atoms with Crippen molar-refractivity contribution >= 4 is 11.9 Å². The minimum atomic E-state index is -1.14. The summed E-state index contributed by atoms with van der Waals surface area (Å²) in [6, 6.07) is 0.0332. The minimum absolute atomic E-state index is 0.0332. The molecule has 0 radical (unpaired) electrons. The molecule has 0 aromatic carbocycles. The Morgan fingerprint density at radius 3 is 2.27 bits per heavy atom. The first kappa shape index (κ1) is 11.8. The van der Waals surface area contributed by atoms with E-state index in [2.05, 4.69) is 5.32 Å². The van der Waals surface area contributed by atoms with Gasteiger partial charge in [0.15, 0.2) is 0 Å². The second kappa shape index (κ2) is 4.96. The third kappa shape index (κ3) is 3.08. The second-order valence-corrected chi connectivity index (χ2v) is 4.14. The van der Waals surface area contributed by atoms with Crippen LogP contribution in [0.1, 0.15) is 26.7 Å². The molecule has 0 aromatic rings. The van der Waals surface area contributed by atoms with Crippen molar-refractivity contribution in [3.63, 3.8) is 0 Å². The van der Waals surface area contributed by atoms with E-state index in [1.54, 1.807) is 6.08 Å². The lowest BCUT2D eigenvalue weighted by Gasteiger charge is -2.28. The number of amides is 1. The number of hydrogen-bond acceptors (Lipinski definition) is 3. The van der Waals surface area contributed by atoms with Crippen LogP contribution >= 0.6 is 0 Å². The Bertz CT molecular complexity index is 284. The SMILES string of the molecule is CC(C)NC(=O)[C@@H]1CC=CC[C@@H]1C(=O)[O-]. The minimum Gasteiger partial charge on any atom is -0.550 e. The van der Waals surface area contributed by atoms with Gasteiger partial charge in [-0.2, -0.15) is 0 Å². The van der Waals surface area contributed by atoms with Gasteiger partial charge in [0.05, 0.1) is 0 Å². The average Bonchev–Trinajstić information content (AvgIpc) is 2.16. The summed E-state index contributed by atoms with van der Waals surface area (Å²) in [5, 5.41) is 13.6. The van der Waals surface area contributed by atoms with E-state index < -0.39 is 17.8 Å². The zero-order valence-corrected chi connectivity index (χ0v) is 9.03. The van der Waals surface area contributed by atoms with E-state index in [0.717, 1.165) is 0 Å². The van der Waals surface area contributed by atoms with Gasteiger partial charge < -0.3 is 15.2 Å². The molecule has 4 heteroatoms. The second-order valence-electron chi connectivity index (χ2n) is 4.14. The molecule has 0 saturated carbocycles. The highest BCUT2D eigenvalue weighted by molar-refractivity contribution is 5.84. The number of hydrogen-bond donors (Lipinski definition) is 1. The third-order valence-electron chi connectivity index (χ3n) is 2.50. The normalized spacial score (nSPS) is 25.3. The Balaban J connectivity index is 2.69. The third-order valence-corrected chi connectivity index (χ3v) is 2.50. The first-order valence-corrected chi connectivity index (χ1v) is 5.18. The molecule has 0 aliphatic heterocycles. The highest BCUT2D eigenvalue weighted by Crippen LogP contribution is 2.25. The Morgan fingerprint density at radius 2 is 1.80 bits per heavy atom. The predicted molar refractivity (Wildman–Crippen MR) is 53.6 cm³/mol. The number of carboxylic acid groups (broad SMARTS) is 1. The standard InChI is InChI=1S/C11H17NO3/c1-7(2)12-10(13)8-5-3-4-6-9(8)11(14)15/h3-4,7-9H,5-6H2,1-2H3,(H,12,13)(H,14,15)/p-1/t8-,9+/m1/s1. The molecule has 0 heterocycles. The van der Waals surface area contributed by atoms with E-state index in [1.165, 1.54) is 0 Å². The maximum Gasteiger partial charge on any atom is 0.224 e. The van der Waals surface area contributed by atoms with E-state index in [0.29, 0.717) is 12.8 Å². The Kier molecular flexibility index (Phi) is 3.88. The fraction of sp³-hybridized carbons (Fsp3) is 0.636. The summed E-state index contributed by atoms with van der Waals surface area (Å²) in [5.74, 6) is -2.50. The van der Waals surface area contributed by atoms with Crippen LogP contribution in [0.15, 0.2) is 12.2 Å². The van der Waals surface area contributed by atoms with E-state index in [9.17, 15) is 14.7 Å². The van der Waals surface area contributed by atoms with Crippen LogP contribution in [-0.2, 0) is 9.59 Å². The number of rotatable bonds is 3. The van der Waals surface area contributed by atoms with Crippen LogP contribution < -0.4 is 10.4 Å². The zero-order valence-electron chi connectivity index (χ0n) is 9.03. The lowest BCUT2D eigenvalue weighted by Crippen LogP contribution is -2.45. The number of allylic oxidation sites excluding steroid dienone is 2. The van der Waals surface area contributed by atoms with Crippen molar-refractivity contribution < 1.29 is 14.7 Å². The monoisotopic (exact) mass is 210 g/mol. The van der Waals surface area contributed by atoms with E-state index in [1.807, 2.05) is 19.9 Å². The fourth-order valence-corrected chi connectivity index (χ4v) is 1.76. The molecule has 0 fully saturated rings. The summed E-state index contributed by atoms with van der Waals surface area (Å²) < 4.78 is 0. The van der Waals surface area contributed by atoms with Crippen molar-refractivity contribution in [2.75, 3.05) is 0 Å². The van der Waals surface area contributed by atoms with Crippen molar-refractivity contribution in [1.29, 1.82) is 0 Å². The Morgan fingerprint density at radius 1 is 1.27 bits per heavy atom. The smallest absolute Gasteiger partial charge is 0.224 e. The highest BCUT2D eigenvalue weighted by Gasteiger charge is 2.29. The van der Waals surface area contributed by atoms with Crippen molar-refractivity contribution in [3.05, 3.63) is 12.2 Å². The number of carbonyl (C=O) groups excluding carboxylic acids is 2. The molecule has 1 amide bonds. The number of carbonyl (C=O) groups is 2. The maximum absolute atomic E-state index is 11.7. The molecule has 0 aromatic heterocycles. The molecule has 15 heavy (non-hydrogen) atoms. The maximum atomic E-state index is 11.7. The largest absolute Gasteiger partial charge is 0.550 e. The molecule has 1 rings (SSSR count). The molecule has 2 atom stereocenters. The van der Waals surface area contributed by atoms with Gasteiger partial charge >= 0.3 is 0 Å². The van der Waals surface area contributed by atoms with Gasteiger partial charge in [-0.25, -0.2) is 0 Å². The van der Waals surface area contributed by atoms with Gasteiger partial charge in [0.25, 0.3) is 0 Å². The van der Waals surface area contributed by atoms with E-state index in [-0.39, 0.29) is 11.9 Å². The van der Waals surface area contributed by atoms with Crippen molar-refractivity contribution in [1.82, 2.24) is 5.32 Å². The Hall–Kier alpha value is -1.32. The van der Waals surface area contributed by atoms with Crippen molar-refractivity contribution in [3.8, 4) is 0 Å². The van der Waals surface area contributed by atoms with Crippen LogP contribution in [0.3, 0.4) is 0 Å². The number of carboxylic acids is 1. The molecule has 1 aliphatic carbocycles. The zero-order chi connectivity index (χ0) is 11.4. The van der Waals surface area contributed by atoms with Crippen molar-refractivity contribution in [2.45, 2.75) is 32.7 Å². The predicted octanol–water partition coefficient (Wildman–Crippen LogP) is -0.157. The van der Waals surface area contributed by atoms with Crippen molar-refractivity contribution in [2.24, 2.45) is 11.8 Å². The number of nitrogens with one attached hydrogen (secondary N) is 1. The molecule has 0 saturated heterocycles.